The van der Waals surface area contributed by atoms with Gasteiger partial charge in [0.2, 0.25) is 17.7 Å². The molecule has 1 heterocycles. The average molecular weight is 385 g/mol. The fourth-order valence-corrected chi connectivity index (χ4v) is 4.51. The summed E-state index contributed by atoms with van der Waals surface area (Å²) in [6.07, 6.45) is 4.85. The summed E-state index contributed by atoms with van der Waals surface area (Å²) in [5.74, 6) is -0.913. The lowest BCUT2D eigenvalue weighted by Gasteiger charge is -2.17. The third kappa shape index (κ3) is 2.83. The molecule has 0 aromatic heterocycles. The topological polar surface area (TPSA) is 119 Å². The molecule has 28 heavy (non-hydrogen) atoms. The molecule has 0 radical (unpaired) electrons. The van der Waals surface area contributed by atoms with Crippen LogP contribution in [0.5, 0.6) is 5.75 Å². The number of ether oxygens (including phenoxy) is 1. The number of carbonyl (C=O) groups excluding carboxylic acids is 3. The maximum absolute atomic E-state index is 12.6. The third-order valence-corrected chi connectivity index (χ3v) is 5.79. The number of carbonyl (C=O) groups is 3. The molecule has 3 amide bonds. The normalized spacial score (nSPS) is 27.2. The lowest BCUT2D eigenvalue weighted by molar-refractivity contribution is -0.384. The molecule has 2 fully saturated rings. The van der Waals surface area contributed by atoms with Crippen LogP contribution in [0, 0.1) is 33.8 Å². The monoisotopic (exact) mass is 385 g/mol. The Hall–Kier alpha value is -3.23. The first kappa shape index (κ1) is 18.1. The van der Waals surface area contributed by atoms with E-state index in [4.69, 9.17) is 4.74 Å². The maximum Gasteiger partial charge on any atom is 0.273 e. The summed E-state index contributed by atoms with van der Waals surface area (Å²) >= 11 is 0. The Morgan fingerprint density at radius 2 is 1.89 bits per heavy atom. The number of non-ortho nitro benzene ring substituents is 1. The van der Waals surface area contributed by atoms with Crippen molar-refractivity contribution < 1.29 is 24.0 Å². The van der Waals surface area contributed by atoms with Crippen molar-refractivity contribution in [3.63, 3.8) is 0 Å². The van der Waals surface area contributed by atoms with E-state index in [1.165, 1.54) is 30.2 Å². The number of methoxy groups -OCH3 is 1. The summed E-state index contributed by atoms with van der Waals surface area (Å²) in [7, 11) is 1.34. The van der Waals surface area contributed by atoms with Crippen molar-refractivity contribution in [2.24, 2.45) is 23.7 Å². The van der Waals surface area contributed by atoms with E-state index < -0.39 is 10.8 Å². The Morgan fingerprint density at radius 1 is 1.25 bits per heavy atom. The predicted octanol–water partition coefficient (Wildman–Crippen LogP) is 1.74. The molecule has 0 spiro atoms. The fourth-order valence-electron chi connectivity index (χ4n) is 4.51. The molecule has 1 saturated carbocycles. The van der Waals surface area contributed by atoms with Gasteiger partial charge in [-0.1, -0.05) is 12.2 Å². The molecule has 4 unspecified atom stereocenters. The highest BCUT2D eigenvalue weighted by molar-refractivity contribution is 6.06. The third-order valence-electron chi connectivity index (χ3n) is 5.79. The van der Waals surface area contributed by atoms with Crippen molar-refractivity contribution in [3.05, 3.63) is 40.5 Å². The van der Waals surface area contributed by atoms with Crippen molar-refractivity contribution in [1.82, 2.24) is 4.90 Å². The van der Waals surface area contributed by atoms with Crippen LogP contribution in [0.25, 0.3) is 0 Å². The maximum atomic E-state index is 12.6. The smallest absolute Gasteiger partial charge is 0.273 e. The van der Waals surface area contributed by atoms with Crippen molar-refractivity contribution >= 4 is 29.1 Å². The second kappa shape index (κ2) is 6.74. The van der Waals surface area contributed by atoms with Crippen LogP contribution in [0.4, 0.5) is 11.4 Å². The van der Waals surface area contributed by atoms with Crippen molar-refractivity contribution in [3.8, 4) is 5.75 Å². The van der Waals surface area contributed by atoms with E-state index in [-0.39, 0.29) is 65.6 Å². The summed E-state index contributed by atoms with van der Waals surface area (Å²) in [6.45, 7) is 0.0191. The number of nitro groups is 1. The quantitative estimate of drug-likeness (QED) is 0.345. The van der Waals surface area contributed by atoms with Gasteiger partial charge in [-0.2, -0.15) is 0 Å². The Labute approximate surface area is 160 Å². The van der Waals surface area contributed by atoms with Gasteiger partial charge in [-0.05, 0) is 24.3 Å². The molecule has 2 aliphatic carbocycles. The number of hydrogen-bond donors (Lipinski definition) is 1. The van der Waals surface area contributed by atoms with Crippen LogP contribution in [-0.2, 0) is 14.4 Å². The highest BCUT2D eigenvalue weighted by Crippen LogP contribution is 2.52. The number of hydrogen-bond acceptors (Lipinski definition) is 6. The zero-order valence-corrected chi connectivity index (χ0v) is 15.2. The van der Waals surface area contributed by atoms with Crippen LogP contribution in [-0.4, -0.2) is 41.2 Å². The van der Waals surface area contributed by atoms with Crippen LogP contribution in [0.15, 0.2) is 30.4 Å². The molecule has 1 N–H and O–H groups in total. The molecule has 2 bridgehead atoms. The predicted molar refractivity (Wildman–Crippen MR) is 97.3 cm³/mol. The SMILES string of the molecule is COc1cc([N+](=O)[O-])ccc1NC(=O)CCN1C(=O)C2C3C=CC(C3)C2C1=O. The molecule has 146 valence electrons. The summed E-state index contributed by atoms with van der Waals surface area (Å²) in [5.41, 5.74) is 0.133. The molecule has 1 aliphatic heterocycles. The number of likely N-dealkylation sites (tertiary alicyclic amines) is 1. The number of nitro benzene ring substituents is 1. The highest BCUT2D eigenvalue weighted by Gasteiger charge is 2.59. The minimum atomic E-state index is -0.558. The molecule has 4 rings (SSSR count). The number of rotatable bonds is 6. The van der Waals surface area contributed by atoms with Gasteiger partial charge in [-0.15, -0.1) is 0 Å². The van der Waals surface area contributed by atoms with Crippen LogP contribution in [0.1, 0.15) is 12.8 Å². The molecule has 4 atom stereocenters. The first-order chi connectivity index (χ1) is 13.4. The van der Waals surface area contributed by atoms with Gasteiger partial charge >= 0.3 is 0 Å². The molecule has 9 nitrogen and oxygen atoms in total. The van der Waals surface area contributed by atoms with Gasteiger partial charge in [-0.25, -0.2) is 0 Å². The van der Waals surface area contributed by atoms with Crippen LogP contribution in [0.2, 0.25) is 0 Å². The van der Waals surface area contributed by atoms with E-state index in [2.05, 4.69) is 5.32 Å². The van der Waals surface area contributed by atoms with Gasteiger partial charge in [0.15, 0.2) is 0 Å². The Balaban J connectivity index is 1.39. The number of nitrogens with one attached hydrogen (secondary N) is 1. The zero-order chi connectivity index (χ0) is 20.0. The Morgan fingerprint density at radius 3 is 2.46 bits per heavy atom. The lowest BCUT2D eigenvalue weighted by Crippen LogP contribution is -2.35. The minimum Gasteiger partial charge on any atom is -0.494 e. The van der Waals surface area contributed by atoms with Crippen molar-refractivity contribution in [1.29, 1.82) is 0 Å². The first-order valence-corrected chi connectivity index (χ1v) is 9.06. The van der Waals surface area contributed by atoms with E-state index >= 15 is 0 Å². The largest absolute Gasteiger partial charge is 0.494 e. The van der Waals surface area contributed by atoms with Gasteiger partial charge in [0, 0.05) is 19.0 Å². The Kier molecular flexibility index (Phi) is 4.37. The van der Waals surface area contributed by atoms with Crippen molar-refractivity contribution in [2.45, 2.75) is 12.8 Å². The van der Waals surface area contributed by atoms with E-state index in [1.54, 1.807) is 0 Å². The first-order valence-electron chi connectivity index (χ1n) is 9.06. The fraction of sp³-hybridized carbons (Fsp3) is 0.421. The van der Waals surface area contributed by atoms with E-state index in [0.29, 0.717) is 0 Å². The lowest BCUT2D eigenvalue weighted by atomic mass is 9.85. The van der Waals surface area contributed by atoms with Crippen molar-refractivity contribution in [2.75, 3.05) is 19.0 Å². The van der Waals surface area contributed by atoms with Gasteiger partial charge in [0.25, 0.3) is 5.69 Å². The second-order valence-electron chi connectivity index (χ2n) is 7.27. The zero-order valence-electron chi connectivity index (χ0n) is 15.2. The molecular formula is C19H19N3O6. The summed E-state index contributed by atoms with van der Waals surface area (Å²) in [6, 6.07) is 3.86. The molecule has 9 heteroatoms. The summed E-state index contributed by atoms with van der Waals surface area (Å²) in [5, 5.41) is 13.4. The minimum absolute atomic E-state index is 0.0191. The van der Waals surface area contributed by atoms with E-state index in [0.717, 1.165) is 6.42 Å². The van der Waals surface area contributed by atoms with E-state index in [9.17, 15) is 24.5 Å². The number of nitrogens with zero attached hydrogens (tertiary/aromatic N) is 2. The molecule has 1 saturated heterocycles. The Bertz CT molecular complexity index is 881. The summed E-state index contributed by atoms with van der Waals surface area (Å²) < 4.78 is 5.09. The molecule has 3 aliphatic rings. The molecule has 1 aromatic carbocycles. The van der Waals surface area contributed by atoms with Gasteiger partial charge in [-0.3, -0.25) is 29.4 Å². The van der Waals surface area contributed by atoms with Gasteiger partial charge in [0.05, 0.1) is 35.6 Å². The van der Waals surface area contributed by atoms with Crippen LogP contribution in [0.3, 0.4) is 0 Å². The van der Waals surface area contributed by atoms with Crippen LogP contribution >= 0.6 is 0 Å². The van der Waals surface area contributed by atoms with E-state index in [1.807, 2.05) is 12.2 Å². The highest BCUT2D eigenvalue weighted by atomic mass is 16.6. The number of anilines is 1. The number of benzene rings is 1. The number of imide groups is 1. The van der Waals surface area contributed by atoms with Gasteiger partial charge < -0.3 is 10.1 Å². The average Bonchev–Trinajstić information content (AvgIpc) is 3.35. The standard InChI is InChI=1S/C19H19N3O6/c1-28-14-9-12(22(26)27)4-5-13(14)20-15(23)6-7-21-18(24)16-10-2-3-11(8-10)17(16)19(21)25/h2-5,9-11,16-17H,6-8H2,1H3,(H,20,23). The summed E-state index contributed by atoms with van der Waals surface area (Å²) in [4.78, 5) is 49.0. The second-order valence-corrected chi connectivity index (χ2v) is 7.27. The number of fused-ring (bicyclic) bond motifs is 5. The van der Waals surface area contributed by atoms with Crippen LogP contribution < -0.4 is 10.1 Å². The number of allylic oxidation sites excluding steroid dienone is 2. The van der Waals surface area contributed by atoms with Gasteiger partial charge in [0.1, 0.15) is 5.75 Å². The molecular weight excluding hydrogens is 366 g/mol. The molecule has 1 aromatic rings. The number of amides is 3.